The van der Waals surface area contributed by atoms with Crippen LogP contribution in [-0.2, 0) is 14.8 Å². The molecule has 2 aromatic heterocycles. The molecule has 12 heteroatoms. The van der Waals surface area contributed by atoms with E-state index in [0.717, 1.165) is 21.9 Å². The molecule has 5 aromatic rings. The SMILES string of the molecule is C.C.CCOC(=O)c1cnc2cc(Cl)ccc2c1.Cc1ccc(S(=O)(=O)NNC(=O)c2cnc3cc(Cl)ccc3c2)cc1. The molecule has 0 radical (unpaired) electrons. The Labute approximate surface area is 261 Å². The summed E-state index contributed by atoms with van der Waals surface area (Å²) in [6.07, 6.45) is 2.85. The van der Waals surface area contributed by atoms with Gasteiger partial charge in [-0.2, -0.15) is 0 Å². The zero-order valence-corrected chi connectivity index (χ0v) is 24.2. The van der Waals surface area contributed by atoms with Crippen LogP contribution >= 0.6 is 23.2 Å². The number of carbonyl (C=O) groups is 2. The second-order valence-electron chi connectivity index (χ2n) is 8.72. The Morgan fingerprint density at radius 2 is 1.30 bits per heavy atom. The van der Waals surface area contributed by atoms with Crippen molar-refractivity contribution >= 4 is 66.9 Å². The molecule has 0 aliphatic carbocycles. The first-order valence-electron chi connectivity index (χ1n) is 12.2. The number of carbonyl (C=O) groups excluding carboxylic acids is 2. The van der Waals surface area contributed by atoms with Crippen molar-refractivity contribution in [2.24, 2.45) is 0 Å². The van der Waals surface area contributed by atoms with E-state index in [-0.39, 0.29) is 31.3 Å². The van der Waals surface area contributed by atoms with Crippen molar-refractivity contribution in [3.05, 3.63) is 112 Å². The van der Waals surface area contributed by atoms with Crippen molar-refractivity contribution in [2.75, 3.05) is 6.61 Å². The summed E-state index contributed by atoms with van der Waals surface area (Å²) in [5, 5.41) is 2.76. The molecule has 1 amide bonds. The number of benzene rings is 3. The maximum absolute atomic E-state index is 12.2. The fourth-order valence-corrected chi connectivity index (χ4v) is 4.77. The van der Waals surface area contributed by atoms with Gasteiger partial charge in [0, 0.05) is 33.2 Å². The van der Waals surface area contributed by atoms with Gasteiger partial charge in [-0.1, -0.05) is 67.9 Å². The highest BCUT2D eigenvalue weighted by molar-refractivity contribution is 7.89. The minimum Gasteiger partial charge on any atom is -0.462 e. The predicted octanol–water partition coefficient (Wildman–Crippen LogP) is 7.16. The van der Waals surface area contributed by atoms with Crippen LogP contribution in [0, 0.1) is 6.92 Å². The maximum Gasteiger partial charge on any atom is 0.339 e. The molecule has 0 saturated carbocycles. The number of aryl methyl sites for hydroxylation is 1. The highest BCUT2D eigenvalue weighted by atomic mass is 35.5. The Hall–Kier alpha value is -4.09. The minimum atomic E-state index is -3.85. The van der Waals surface area contributed by atoms with E-state index in [9.17, 15) is 18.0 Å². The summed E-state index contributed by atoms with van der Waals surface area (Å²) in [6, 6.07) is 20.1. The van der Waals surface area contributed by atoms with Crippen molar-refractivity contribution in [2.45, 2.75) is 33.6 Å². The molecule has 0 bridgehead atoms. The van der Waals surface area contributed by atoms with Crippen LogP contribution in [-0.4, -0.2) is 36.9 Å². The van der Waals surface area contributed by atoms with Crippen molar-refractivity contribution in [1.82, 2.24) is 20.2 Å². The first-order valence-corrected chi connectivity index (χ1v) is 14.5. The summed E-state index contributed by atoms with van der Waals surface area (Å²) >= 11 is 11.7. The standard InChI is InChI=1S/C17H14ClN3O3S.C12H10ClNO2.2CH4/c1-11-2-6-15(7-3-11)25(23,24)21-20-17(22)13-8-12-4-5-14(18)9-16(12)19-10-13;1-2-16-12(15)9-5-8-3-4-10(13)6-11(8)14-7-9;;/h2-10,21H,1H3,(H,20,22);3-7H,2H2,1H3;2*1H4. The van der Waals surface area contributed by atoms with Gasteiger partial charge in [-0.3, -0.25) is 20.2 Å². The van der Waals surface area contributed by atoms with Gasteiger partial charge in [0.1, 0.15) is 0 Å². The number of nitrogens with one attached hydrogen (secondary N) is 2. The van der Waals surface area contributed by atoms with E-state index in [4.69, 9.17) is 27.9 Å². The van der Waals surface area contributed by atoms with Crippen molar-refractivity contribution in [3.63, 3.8) is 0 Å². The number of aromatic nitrogens is 2. The van der Waals surface area contributed by atoms with Gasteiger partial charge in [0.15, 0.2) is 0 Å². The van der Waals surface area contributed by atoms with Gasteiger partial charge in [-0.15, -0.1) is 4.83 Å². The monoisotopic (exact) mass is 642 g/mol. The van der Waals surface area contributed by atoms with Gasteiger partial charge in [0.05, 0.1) is 33.7 Å². The number of sulfonamides is 1. The number of esters is 1. The minimum absolute atomic E-state index is 0. The molecule has 0 atom stereocenters. The van der Waals surface area contributed by atoms with Crippen LogP contribution in [0.4, 0.5) is 0 Å². The number of fused-ring (bicyclic) bond motifs is 2. The Kier molecular flexibility index (Phi) is 12.6. The van der Waals surface area contributed by atoms with E-state index in [1.165, 1.54) is 24.5 Å². The van der Waals surface area contributed by atoms with Gasteiger partial charge in [0.2, 0.25) is 0 Å². The van der Waals surface area contributed by atoms with Crippen LogP contribution in [0.2, 0.25) is 10.0 Å². The van der Waals surface area contributed by atoms with Gasteiger partial charge < -0.3 is 4.74 Å². The van der Waals surface area contributed by atoms with Crippen LogP contribution in [0.5, 0.6) is 0 Å². The quantitative estimate of drug-likeness (QED) is 0.149. The molecule has 0 spiro atoms. The second-order valence-corrected chi connectivity index (χ2v) is 11.3. The lowest BCUT2D eigenvalue weighted by Gasteiger charge is -2.09. The fraction of sp³-hybridized carbons (Fsp3) is 0.161. The lowest BCUT2D eigenvalue weighted by Crippen LogP contribution is -2.41. The van der Waals surface area contributed by atoms with Crippen LogP contribution in [0.15, 0.2) is 90.1 Å². The molecule has 9 nitrogen and oxygen atoms in total. The lowest BCUT2D eigenvalue weighted by atomic mass is 10.1. The number of amides is 1. The summed E-state index contributed by atoms with van der Waals surface area (Å²) < 4.78 is 29.2. The third kappa shape index (κ3) is 9.20. The number of hydrogen-bond donors (Lipinski definition) is 2. The first-order chi connectivity index (χ1) is 19.6. The Balaban J connectivity index is 0.000000312. The normalized spacial score (nSPS) is 10.5. The molecule has 43 heavy (non-hydrogen) atoms. The van der Waals surface area contributed by atoms with E-state index in [0.29, 0.717) is 27.7 Å². The summed E-state index contributed by atoms with van der Waals surface area (Å²) in [6.45, 7) is 3.98. The molecule has 0 saturated heterocycles. The molecule has 0 aliphatic rings. The van der Waals surface area contributed by atoms with Crippen LogP contribution in [0.1, 0.15) is 48.1 Å². The summed E-state index contributed by atoms with van der Waals surface area (Å²) in [5.74, 6) is -0.966. The molecule has 3 aromatic carbocycles. The zero-order valence-electron chi connectivity index (χ0n) is 21.9. The molecule has 0 aliphatic heterocycles. The molecule has 0 unspecified atom stereocenters. The largest absolute Gasteiger partial charge is 0.462 e. The number of hydrogen-bond acceptors (Lipinski definition) is 7. The predicted molar refractivity (Wildman–Crippen MR) is 172 cm³/mol. The zero-order chi connectivity index (χ0) is 29.6. The number of hydrazine groups is 1. The van der Waals surface area contributed by atoms with Crippen molar-refractivity contribution in [3.8, 4) is 0 Å². The Bertz CT molecular complexity index is 1850. The summed E-state index contributed by atoms with van der Waals surface area (Å²) in [4.78, 5) is 34.1. The number of ether oxygens (including phenoxy) is 1. The fourth-order valence-electron chi connectivity index (χ4n) is 3.60. The molecular formula is C31H32Cl2N4O5S. The molecule has 2 N–H and O–H groups in total. The molecular weight excluding hydrogens is 611 g/mol. The van der Waals surface area contributed by atoms with E-state index in [1.54, 1.807) is 61.5 Å². The molecule has 226 valence electrons. The number of halogens is 2. The second kappa shape index (κ2) is 15.4. The van der Waals surface area contributed by atoms with E-state index >= 15 is 0 Å². The highest BCUT2D eigenvalue weighted by Crippen LogP contribution is 2.20. The van der Waals surface area contributed by atoms with Crippen molar-refractivity contribution in [1.29, 1.82) is 0 Å². The van der Waals surface area contributed by atoms with Gasteiger partial charge in [-0.05, 0) is 62.4 Å². The average Bonchev–Trinajstić information content (AvgIpc) is 2.96. The van der Waals surface area contributed by atoms with Crippen LogP contribution < -0.4 is 10.3 Å². The highest BCUT2D eigenvalue weighted by Gasteiger charge is 2.16. The van der Waals surface area contributed by atoms with Crippen LogP contribution in [0.25, 0.3) is 21.8 Å². The maximum atomic E-state index is 12.2. The Morgan fingerprint density at radius 1 is 0.791 bits per heavy atom. The van der Waals surface area contributed by atoms with E-state index in [1.807, 2.05) is 13.0 Å². The third-order valence-electron chi connectivity index (χ3n) is 5.70. The van der Waals surface area contributed by atoms with Gasteiger partial charge in [-0.25, -0.2) is 13.2 Å². The van der Waals surface area contributed by atoms with Crippen LogP contribution in [0.3, 0.4) is 0 Å². The smallest absolute Gasteiger partial charge is 0.339 e. The van der Waals surface area contributed by atoms with E-state index in [2.05, 4.69) is 20.2 Å². The number of pyridine rings is 2. The van der Waals surface area contributed by atoms with Gasteiger partial charge >= 0.3 is 5.97 Å². The van der Waals surface area contributed by atoms with E-state index < -0.39 is 15.9 Å². The third-order valence-corrected chi connectivity index (χ3v) is 7.43. The van der Waals surface area contributed by atoms with Gasteiger partial charge in [0.25, 0.3) is 15.9 Å². The molecule has 0 fully saturated rings. The summed E-state index contributed by atoms with van der Waals surface area (Å²) in [7, 11) is -3.85. The lowest BCUT2D eigenvalue weighted by molar-refractivity contribution is 0.0526. The average molecular weight is 644 g/mol. The topological polar surface area (TPSA) is 127 Å². The van der Waals surface area contributed by atoms with Crippen molar-refractivity contribution < 1.29 is 22.7 Å². The number of nitrogens with zero attached hydrogens (tertiary/aromatic N) is 2. The molecule has 2 heterocycles. The number of rotatable bonds is 6. The summed E-state index contributed by atoms with van der Waals surface area (Å²) in [5.41, 5.74) is 5.21. The molecule has 5 rings (SSSR count). The first kappa shape index (κ1) is 35.1. The Morgan fingerprint density at radius 3 is 1.84 bits per heavy atom.